The van der Waals surface area contributed by atoms with Crippen molar-refractivity contribution in [2.75, 3.05) is 26.8 Å². The van der Waals surface area contributed by atoms with Gasteiger partial charge in [-0.2, -0.15) is 0 Å². The van der Waals surface area contributed by atoms with Crippen molar-refractivity contribution >= 4 is 12.1 Å². The van der Waals surface area contributed by atoms with Crippen LogP contribution in [0.2, 0.25) is 0 Å². The summed E-state index contributed by atoms with van der Waals surface area (Å²) in [4.78, 5) is 29.0. The first kappa shape index (κ1) is 22.0. The Labute approximate surface area is 195 Å². The number of amides is 1. The number of ether oxygens (including phenoxy) is 2. The van der Waals surface area contributed by atoms with Crippen LogP contribution in [0.1, 0.15) is 55.7 Å². The number of rotatable bonds is 5. The van der Waals surface area contributed by atoms with Crippen LogP contribution in [-0.2, 0) is 14.3 Å². The lowest BCUT2D eigenvalue weighted by Crippen LogP contribution is -2.62. The number of nitrogens with zero attached hydrogens (tertiary/aromatic N) is 1. The van der Waals surface area contributed by atoms with Crippen LogP contribution in [0.25, 0.3) is 11.1 Å². The summed E-state index contributed by atoms with van der Waals surface area (Å²) >= 11 is 0. The molecule has 1 aliphatic heterocycles. The number of hydrogen-bond donors (Lipinski definition) is 1. The van der Waals surface area contributed by atoms with E-state index in [1.807, 2.05) is 24.3 Å². The van der Waals surface area contributed by atoms with Gasteiger partial charge in [0.15, 0.2) is 0 Å². The average Bonchev–Trinajstić information content (AvgIpc) is 3.50. The third kappa shape index (κ3) is 3.80. The van der Waals surface area contributed by atoms with Crippen LogP contribution >= 0.6 is 0 Å². The SMILES string of the molecule is COC(=O)N(C1c2ccccc2-c2ccccc21)C1(C(=O)OCC2CCCC2)CCNCC1. The van der Waals surface area contributed by atoms with Crippen LogP contribution in [-0.4, -0.2) is 49.3 Å². The maximum absolute atomic E-state index is 13.8. The van der Waals surface area contributed by atoms with E-state index in [1.54, 1.807) is 4.90 Å². The van der Waals surface area contributed by atoms with Gasteiger partial charge in [-0.3, -0.25) is 4.90 Å². The van der Waals surface area contributed by atoms with E-state index in [2.05, 4.69) is 29.6 Å². The highest BCUT2D eigenvalue weighted by Crippen LogP contribution is 2.50. The first-order chi connectivity index (χ1) is 16.2. The number of carbonyl (C=O) groups is 2. The van der Waals surface area contributed by atoms with Gasteiger partial charge in [-0.25, -0.2) is 9.59 Å². The fraction of sp³-hybridized carbons (Fsp3) is 0.481. The van der Waals surface area contributed by atoms with Crippen LogP contribution in [0.5, 0.6) is 0 Å². The molecule has 33 heavy (non-hydrogen) atoms. The molecule has 2 aliphatic carbocycles. The van der Waals surface area contributed by atoms with E-state index in [4.69, 9.17) is 9.47 Å². The van der Waals surface area contributed by atoms with Crippen LogP contribution in [0.3, 0.4) is 0 Å². The van der Waals surface area contributed by atoms with E-state index in [0.717, 1.165) is 35.1 Å². The molecule has 6 nitrogen and oxygen atoms in total. The minimum absolute atomic E-state index is 0.303. The predicted molar refractivity (Wildman–Crippen MR) is 126 cm³/mol. The number of piperidine rings is 1. The highest BCUT2D eigenvalue weighted by Gasteiger charge is 2.54. The normalized spacial score (nSPS) is 19.5. The Morgan fingerprint density at radius 2 is 1.55 bits per heavy atom. The van der Waals surface area contributed by atoms with Gasteiger partial charge in [-0.15, -0.1) is 0 Å². The van der Waals surface area contributed by atoms with E-state index in [-0.39, 0.29) is 5.97 Å². The molecule has 0 atom stereocenters. The standard InChI is InChI=1S/C27H32N2O4/c1-32-26(31)29(24-22-12-6-4-10-20(22)21-11-5-7-13-23(21)24)27(14-16-28-17-15-27)25(30)33-18-19-8-2-3-9-19/h4-7,10-13,19,24,28H,2-3,8-9,14-18H2,1H3. The number of fused-ring (bicyclic) bond motifs is 3. The number of benzene rings is 2. The van der Waals surface area contributed by atoms with Crippen molar-refractivity contribution in [3.63, 3.8) is 0 Å². The van der Waals surface area contributed by atoms with Crippen molar-refractivity contribution in [2.45, 2.75) is 50.1 Å². The Kier molecular flexibility index (Phi) is 6.11. The third-order valence-corrected chi connectivity index (χ3v) is 7.63. The average molecular weight is 449 g/mol. The summed E-state index contributed by atoms with van der Waals surface area (Å²) in [5.74, 6) is 0.121. The van der Waals surface area contributed by atoms with E-state index in [0.29, 0.717) is 38.5 Å². The number of carbonyl (C=O) groups excluding carboxylic acids is 2. The molecule has 6 heteroatoms. The Morgan fingerprint density at radius 1 is 0.970 bits per heavy atom. The van der Waals surface area contributed by atoms with E-state index >= 15 is 0 Å². The topological polar surface area (TPSA) is 67.9 Å². The molecule has 2 aromatic carbocycles. The lowest BCUT2D eigenvalue weighted by molar-refractivity contribution is -0.162. The molecule has 2 aromatic rings. The Morgan fingerprint density at radius 3 is 2.12 bits per heavy atom. The van der Waals surface area contributed by atoms with Crippen molar-refractivity contribution < 1.29 is 19.1 Å². The van der Waals surface area contributed by atoms with Gasteiger partial charge in [-0.1, -0.05) is 61.4 Å². The lowest BCUT2D eigenvalue weighted by Gasteiger charge is -2.46. The van der Waals surface area contributed by atoms with Crippen molar-refractivity contribution in [2.24, 2.45) is 5.92 Å². The molecule has 174 valence electrons. The van der Waals surface area contributed by atoms with Gasteiger partial charge in [0.1, 0.15) is 5.54 Å². The van der Waals surface area contributed by atoms with E-state index in [1.165, 1.54) is 20.0 Å². The van der Waals surface area contributed by atoms with Gasteiger partial charge in [0, 0.05) is 0 Å². The molecule has 0 radical (unpaired) electrons. The molecule has 0 aromatic heterocycles. The van der Waals surface area contributed by atoms with Crippen LogP contribution in [0.15, 0.2) is 48.5 Å². The molecule has 1 saturated carbocycles. The quantitative estimate of drug-likeness (QED) is 0.673. The zero-order valence-corrected chi connectivity index (χ0v) is 19.2. The monoisotopic (exact) mass is 448 g/mol. The van der Waals surface area contributed by atoms with Crippen molar-refractivity contribution in [1.29, 1.82) is 0 Å². The summed E-state index contributed by atoms with van der Waals surface area (Å²) in [7, 11) is 1.39. The summed E-state index contributed by atoms with van der Waals surface area (Å²) in [6, 6.07) is 15.9. The fourth-order valence-electron chi connectivity index (χ4n) is 5.92. The number of nitrogens with one attached hydrogen (secondary N) is 1. The minimum Gasteiger partial charge on any atom is -0.464 e. The van der Waals surface area contributed by atoms with Gasteiger partial charge in [0.05, 0.1) is 19.8 Å². The third-order valence-electron chi connectivity index (χ3n) is 7.63. The van der Waals surface area contributed by atoms with Gasteiger partial charge in [-0.05, 0) is 66.9 Å². The van der Waals surface area contributed by atoms with Crippen LogP contribution in [0, 0.1) is 5.92 Å². The second kappa shape index (κ2) is 9.18. The van der Waals surface area contributed by atoms with E-state index in [9.17, 15) is 9.59 Å². The zero-order valence-electron chi connectivity index (χ0n) is 19.2. The molecule has 0 bridgehead atoms. The summed E-state index contributed by atoms with van der Waals surface area (Å²) in [6.07, 6.45) is 5.09. The Hall–Kier alpha value is -2.86. The first-order valence-electron chi connectivity index (χ1n) is 12.1. The van der Waals surface area contributed by atoms with Crippen molar-refractivity contribution in [3.05, 3.63) is 59.7 Å². The molecule has 1 N–H and O–H groups in total. The summed E-state index contributed by atoms with van der Waals surface area (Å²) < 4.78 is 11.3. The highest BCUT2D eigenvalue weighted by molar-refractivity contribution is 5.89. The zero-order chi connectivity index (χ0) is 22.8. The van der Waals surface area contributed by atoms with Gasteiger partial charge >= 0.3 is 12.1 Å². The largest absolute Gasteiger partial charge is 0.464 e. The van der Waals surface area contributed by atoms with E-state index < -0.39 is 17.7 Å². The Balaban J connectivity index is 1.58. The highest BCUT2D eigenvalue weighted by atomic mass is 16.6. The second-order valence-electron chi connectivity index (χ2n) is 9.45. The minimum atomic E-state index is -1.08. The molecule has 0 unspecified atom stereocenters. The van der Waals surface area contributed by atoms with Gasteiger partial charge < -0.3 is 14.8 Å². The molecular weight excluding hydrogens is 416 g/mol. The van der Waals surface area contributed by atoms with Gasteiger partial charge in [0.25, 0.3) is 0 Å². The maximum atomic E-state index is 13.8. The number of hydrogen-bond acceptors (Lipinski definition) is 5. The van der Waals surface area contributed by atoms with Crippen molar-refractivity contribution in [3.8, 4) is 11.1 Å². The molecule has 1 amide bonds. The van der Waals surface area contributed by atoms with Crippen LogP contribution < -0.4 is 5.32 Å². The predicted octanol–water partition coefficient (Wildman–Crippen LogP) is 4.68. The molecular formula is C27H32N2O4. The van der Waals surface area contributed by atoms with Crippen LogP contribution in [0.4, 0.5) is 4.79 Å². The molecule has 2 fully saturated rings. The second-order valence-corrected chi connectivity index (χ2v) is 9.45. The number of esters is 1. The lowest BCUT2D eigenvalue weighted by atomic mass is 9.83. The summed E-state index contributed by atoms with van der Waals surface area (Å²) in [6.45, 7) is 1.71. The summed E-state index contributed by atoms with van der Waals surface area (Å²) in [5.41, 5.74) is 3.15. The van der Waals surface area contributed by atoms with Crippen molar-refractivity contribution in [1.82, 2.24) is 10.2 Å². The molecule has 3 aliphatic rings. The molecule has 5 rings (SSSR count). The number of methoxy groups -OCH3 is 1. The molecule has 1 saturated heterocycles. The van der Waals surface area contributed by atoms with Gasteiger partial charge in [0.2, 0.25) is 0 Å². The molecule has 1 heterocycles. The first-order valence-corrected chi connectivity index (χ1v) is 12.1. The molecule has 0 spiro atoms. The summed E-state index contributed by atoms with van der Waals surface area (Å²) in [5, 5.41) is 3.35. The maximum Gasteiger partial charge on any atom is 0.411 e. The Bertz CT molecular complexity index is 979. The smallest absolute Gasteiger partial charge is 0.411 e. The fourth-order valence-corrected chi connectivity index (χ4v) is 5.92.